The van der Waals surface area contributed by atoms with Gasteiger partial charge in [-0.1, -0.05) is 50.2 Å². The van der Waals surface area contributed by atoms with Crippen molar-refractivity contribution in [1.29, 1.82) is 0 Å². The highest BCUT2D eigenvalue weighted by atomic mass is 16.4. The molecule has 0 bridgehead atoms. The number of aromatic nitrogens is 1. The van der Waals surface area contributed by atoms with Crippen LogP contribution in [0.3, 0.4) is 0 Å². The second kappa shape index (κ2) is 9.37. The largest absolute Gasteiger partial charge is 0.419 e. The summed E-state index contributed by atoms with van der Waals surface area (Å²) in [5, 5.41) is 2.98. The van der Waals surface area contributed by atoms with Crippen LogP contribution in [0, 0.1) is 0 Å². The van der Waals surface area contributed by atoms with E-state index in [1.54, 1.807) is 6.07 Å². The number of carbonyl (C=O) groups is 1. The number of para-hydroxylation sites is 2. The van der Waals surface area contributed by atoms with Gasteiger partial charge in [0.05, 0.1) is 5.52 Å². The molecule has 6 nitrogen and oxygen atoms in total. The number of carbonyl (C=O) groups excluding carboxylic acids is 1. The summed E-state index contributed by atoms with van der Waals surface area (Å²) < 4.78 is 6.71. The van der Waals surface area contributed by atoms with Gasteiger partial charge in [-0.3, -0.25) is 14.3 Å². The number of hydrogen-bond acceptors (Lipinski definition) is 4. The Morgan fingerprint density at radius 3 is 2.46 bits per heavy atom. The van der Waals surface area contributed by atoms with Crippen molar-refractivity contribution in [2.45, 2.75) is 39.9 Å². The van der Waals surface area contributed by atoms with Crippen LogP contribution >= 0.6 is 0 Å². The molecule has 0 saturated heterocycles. The van der Waals surface area contributed by atoms with Crippen LogP contribution in [0.15, 0.2) is 57.7 Å². The number of hydrogen-bond donors (Lipinski definition) is 1. The van der Waals surface area contributed by atoms with Gasteiger partial charge in [0.25, 0.3) is 0 Å². The molecule has 0 atom stereocenters. The van der Waals surface area contributed by atoms with E-state index in [-0.39, 0.29) is 12.3 Å². The van der Waals surface area contributed by atoms with Gasteiger partial charge < -0.3 is 9.73 Å². The molecule has 1 amide bonds. The van der Waals surface area contributed by atoms with E-state index in [2.05, 4.69) is 30.1 Å². The Labute approximate surface area is 164 Å². The maximum absolute atomic E-state index is 12.3. The third kappa shape index (κ3) is 4.70. The van der Waals surface area contributed by atoms with E-state index in [0.29, 0.717) is 24.2 Å². The molecule has 6 heteroatoms. The Hall–Kier alpha value is -2.86. The fourth-order valence-corrected chi connectivity index (χ4v) is 3.29. The van der Waals surface area contributed by atoms with E-state index in [9.17, 15) is 9.59 Å². The average Bonchev–Trinajstić information content (AvgIpc) is 3.04. The molecule has 0 saturated carbocycles. The van der Waals surface area contributed by atoms with Crippen LogP contribution in [0.25, 0.3) is 11.1 Å². The Morgan fingerprint density at radius 1 is 1.04 bits per heavy atom. The highest BCUT2D eigenvalue weighted by Crippen LogP contribution is 2.13. The molecule has 148 valence electrons. The van der Waals surface area contributed by atoms with Gasteiger partial charge in [0.1, 0.15) is 0 Å². The van der Waals surface area contributed by atoms with Crippen molar-refractivity contribution in [2.75, 3.05) is 13.1 Å². The average molecular weight is 381 g/mol. The Bertz CT molecular complexity index is 986. The SMILES string of the molecule is CCN(CC)Cc1ccccc1CNC(=O)CCn1c(=O)oc2ccccc21. The first-order chi connectivity index (χ1) is 13.6. The first-order valence-electron chi connectivity index (χ1n) is 9.76. The summed E-state index contributed by atoms with van der Waals surface area (Å²) in [5.74, 6) is -0.520. The van der Waals surface area contributed by atoms with Crippen LogP contribution in [0.4, 0.5) is 0 Å². The van der Waals surface area contributed by atoms with Crippen molar-refractivity contribution >= 4 is 17.0 Å². The number of amides is 1. The van der Waals surface area contributed by atoms with Gasteiger partial charge in [0.15, 0.2) is 5.58 Å². The number of fused-ring (bicyclic) bond motifs is 1. The van der Waals surface area contributed by atoms with Crippen molar-refractivity contribution in [3.63, 3.8) is 0 Å². The highest BCUT2D eigenvalue weighted by molar-refractivity contribution is 5.76. The first kappa shape index (κ1) is 19.9. The number of nitrogens with one attached hydrogen (secondary N) is 1. The minimum absolute atomic E-state index is 0.0881. The van der Waals surface area contributed by atoms with Crippen LogP contribution in [0.5, 0.6) is 0 Å². The van der Waals surface area contributed by atoms with Crippen molar-refractivity contribution < 1.29 is 9.21 Å². The quantitative estimate of drug-likeness (QED) is 0.618. The molecule has 0 radical (unpaired) electrons. The summed E-state index contributed by atoms with van der Waals surface area (Å²) in [6.45, 7) is 7.93. The molecule has 0 unspecified atom stereocenters. The van der Waals surface area contributed by atoms with Gasteiger partial charge in [-0.15, -0.1) is 0 Å². The van der Waals surface area contributed by atoms with Crippen molar-refractivity contribution in [3.05, 3.63) is 70.2 Å². The van der Waals surface area contributed by atoms with Crippen molar-refractivity contribution in [1.82, 2.24) is 14.8 Å². The summed E-state index contributed by atoms with van der Waals surface area (Å²) in [4.78, 5) is 26.7. The summed E-state index contributed by atoms with van der Waals surface area (Å²) in [7, 11) is 0. The Balaban J connectivity index is 1.59. The zero-order valence-corrected chi connectivity index (χ0v) is 16.5. The third-order valence-electron chi connectivity index (χ3n) is 5.02. The van der Waals surface area contributed by atoms with Gasteiger partial charge in [0, 0.05) is 26.1 Å². The molecular formula is C22H27N3O3. The standard InChI is InChI=1S/C22H27N3O3/c1-3-24(4-2)16-18-10-6-5-9-17(18)15-23-21(26)13-14-25-19-11-7-8-12-20(19)28-22(25)27/h5-12H,3-4,13-16H2,1-2H3,(H,23,26). The minimum Gasteiger partial charge on any atom is -0.408 e. The smallest absolute Gasteiger partial charge is 0.408 e. The molecule has 2 aromatic carbocycles. The van der Waals surface area contributed by atoms with Crippen LogP contribution in [0.1, 0.15) is 31.4 Å². The number of rotatable bonds is 9. The van der Waals surface area contributed by atoms with Gasteiger partial charge in [-0.25, -0.2) is 4.79 Å². The monoisotopic (exact) mass is 381 g/mol. The summed E-state index contributed by atoms with van der Waals surface area (Å²) >= 11 is 0. The second-order valence-electron chi connectivity index (χ2n) is 6.74. The van der Waals surface area contributed by atoms with Gasteiger partial charge in [-0.2, -0.15) is 0 Å². The van der Waals surface area contributed by atoms with Gasteiger partial charge in [0.2, 0.25) is 5.91 Å². The number of benzene rings is 2. The molecule has 3 rings (SSSR count). The number of nitrogens with zero attached hydrogens (tertiary/aromatic N) is 2. The lowest BCUT2D eigenvalue weighted by Gasteiger charge is -2.20. The normalized spacial score (nSPS) is 11.2. The highest BCUT2D eigenvalue weighted by Gasteiger charge is 2.11. The molecule has 1 aromatic heterocycles. The summed E-state index contributed by atoms with van der Waals surface area (Å²) in [6.07, 6.45) is 0.224. The van der Waals surface area contributed by atoms with E-state index in [1.807, 2.05) is 36.4 Å². The van der Waals surface area contributed by atoms with E-state index in [0.717, 1.165) is 25.2 Å². The molecule has 1 heterocycles. The molecule has 0 aliphatic rings. The summed E-state index contributed by atoms with van der Waals surface area (Å²) in [6, 6.07) is 15.4. The van der Waals surface area contributed by atoms with Crippen molar-refractivity contribution in [2.24, 2.45) is 0 Å². The van der Waals surface area contributed by atoms with E-state index in [1.165, 1.54) is 10.1 Å². The van der Waals surface area contributed by atoms with Gasteiger partial charge >= 0.3 is 5.76 Å². The number of aryl methyl sites for hydroxylation is 1. The molecule has 0 aliphatic heterocycles. The van der Waals surface area contributed by atoms with Crippen molar-refractivity contribution in [3.8, 4) is 0 Å². The first-order valence-corrected chi connectivity index (χ1v) is 9.76. The Morgan fingerprint density at radius 2 is 1.71 bits per heavy atom. The minimum atomic E-state index is -0.432. The van der Waals surface area contributed by atoms with Crippen LogP contribution < -0.4 is 11.1 Å². The fraction of sp³-hybridized carbons (Fsp3) is 0.364. The molecule has 0 fully saturated rings. The van der Waals surface area contributed by atoms with E-state index < -0.39 is 5.76 Å². The van der Waals surface area contributed by atoms with Crippen LogP contribution in [-0.4, -0.2) is 28.5 Å². The third-order valence-corrected chi connectivity index (χ3v) is 5.02. The zero-order chi connectivity index (χ0) is 19.9. The van der Waals surface area contributed by atoms with Crippen LogP contribution in [-0.2, 0) is 24.4 Å². The lowest BCUT2D eigenvalue weighted by Crippen LogP contribution is -2.27. The summed E-state index contributed by atoms with van der Waals surface area (Å²) in [5.41, 5.74) is 3.60. The maximum Gasteiger partial charge on any atom is 0.419 e. The Kier molecular flexibility index (Phi) is 6.66. The fourth-order valence-electron chi connectivity index (χ4n) is 3.29. The lowest BCUT2D eigenvalue weighted by atomic mass is 10.1. The maximum atomic E-state index is 12.3. The predicted octanol–water partition coefficient (Wildman–Crippen LogP) is 3.14. The molecule has 0 aliphatic carbocycles. The number of oxazole rings is 1. The molecule has 0 spiro atoms. The lowest BCUT2D eigenvalue weighted by molar-refractivity contribution is -0.121. The van der Waals surface area contributed by atoms with Gasteiger partial charge in [-0.05, 0) is 36.3 Å². The van der Waals surface area contributed by atoms with Crippen LogP contribution in [0.2, 0.25) is 0 Å². The predicted molar refractivity (Wildman–Crippen MR) is 110 cm³/mol. The van der Waals surface area contributed by atoms with E-state index in [4.69, 9.17) is 4.42 Å². The molecule has 28 heavy (non-hydrogen) atoms. The topological polar surface area (TPSA) is 67.5 Å². The molecule has 3 aromatic rings. The molecular weight excluding hydrogens is 354 g/mol. The zero-order valence-electron chi connectivity index (χ0n) is 16.5. The van der Waals surface area contributed by atoms with E-state index >= 15 is 0 Å². The second-order valence-corrected chi connectivity index (χ2v) is 6.74. The molecule has 1 N–H and O–H groups in total.